The van der Waals surface area contributed by atoms with Crippen molar-refractivity contribution in [3.8, 4) is 0 Å². The van der Waals surface area contributed by atoms with Crippen LogP contribution in [-0.4, -0.2) is 30.7 Å². The third-order valence-electron chi connectivity index (χ3n) is 3.26. The average molecular weight is 360 g/mol. The molecule has 2 aliphatic rings. The lowest BCUT2D eigenvalue weighted by Crippen LogP contribution is -2.39. The zero-order valence-corrected chi connectivity index (χ0v) is 12.1. The first-order valence-electron chi connectivity index (χ1n) is 5.69. The lowest BCUT2D eigenvalue weighted by molar-refractivity contribution is -0.180. The minimum atomic E-state index is -1.22. The normalized spacial score (nSPS) is 20.6. The van der Waals surface area contributed by atoms with E-state index in [1.807, 2.05) is 18.2 Å². The molecule has 0 atom stereocenters. The second-order valence-corrected chi connectivity index (χ2v) is 4.98. The predicted molar refractivity (Wildman–Crippen MR) is 75.9 cm³/mol. The van der Waals surface area contributed by atoms with E-state index in [4.69, 9.17) is 9.47 Å². The van der Waals surface area contributed by atoms with Crippen molar-refractivity contribution < 1.29 is 14.3 Å². The van der Waals surface area contributed by atoms with Gasteiger partial charge in [-0.05, 0) is 18.2 Å². The summed E-state index contributed by atoms with van der Waals surface area (Å²) in [6, 6.07) is 5.80. The minimum absolute atomic E-state index is 0.151. The van der Waals surface area contributed by atoms with Crippen molar-refractivity contribution in [2.75, 3.05) is 35.0 Å². The zero-order chi connectivity index (χ0) is 12.8. The van der Waals surface area contributed by atoms with Crippen molar-refractivity contribution in [2.45, 2.75) is 5.79 Å². The molecule has 2 aliphatic heterocycles. The fourth-order valence-corrected chi connectivity index (χ4v) is 2.86. The van der Waals surface area contributed by atoms with Gasteiger partial charge in [-0.2, -0.15) is 0 Å². The molecule has 1 N–H and O–H groups in total. The summed E-state index contributed by atoms with van der Waals surface area (Å²) in [5, 5.41) is 3.22. The molecule has 0 bridgehead atoms. The van der Waals surface area contributed by atoms with E-state index in [0.29, 0.717) is 13.2 Å². The van der Waals surface area contributed by atoms with E-state index < -0.39 is 5.79 Å². The maximum Gasteiger partial charge on any atom is 0.292 e. The minimum Gasteiger partial charge on any atom is -0.376 e. The van der Waals surface area contributed by atoms with E-state index in [2.05, 4.69) is 27.9 Å². The number of carbonyl (C=O) groups excluding carboxylic acids is 1. The molecule has 5 nitrogen and oxygen atoms in total. The van der Waals surface area contributed by atoms with Crippen LogP contribution in [0.1, 0.15) is 5.56 Å². The molecule has 18 heavy (non-hydrogen) atoms. The first-order chi connectivity index (χ1) is 8.69. The lowest BCUT2D eigenvalue weighted by Gasteiger charge is -2.20. The Balaban J connectivity index is 2.11. The maximum atomic E-state index is 12.3. The lowest BCUT2D eigenvalue weighted by atomic mass is 10.1. The second kappa shape index (κ2) is 4.36. The molecule has 1 aromatic rings. The number of hydrogen-bond acceptors (Lipinski definition) is 4. The highest BCUT2D eigenvalue weighted by atomic mass is 127. The number of carbonyl (C=O) groups is 1. The van der Waals surface area contributed by atoms with Gasteiger partial charge in [0.1, 0.15) is 0 Å². The van der Waals surface area contributed by atoms with Gasteiger partial charge in [-0.3, -0.25) is 4.79 Å². The molecule has 1 fully saturated rings. The van der Waals surface area contributed by atoms with Crippen LogP contribution in [0.5, 0.6) is 0 Å². The fraction of sp³-hybridized carbons (Fsp3) is 0.417. The number of anilines is 2. The van der Waals surface area contributed by atoms with Gasteiger partial charge in [0.15, 0.2) is 0 Å². The van der Waals surface area contributed by atoms with Gasteiger partial charge in [0, 0.05) is 18.3 Å². The zero-order valence-electron chi connectivity index (χ0n) is 9.90. The molecule has 0 aliphatic carbocycles. The number of nitrogens with one attached hydrogen (secondary N) is 1. The molecule has 1 aromatic carbocycles. The largest absolute Gasteiger partial charge is 0.376 e. The highest BCUT2D eigenvalue weighted by Gasteiger charge is 2.55. The van der Waals surface area contributed by atoms with E-state index in [9.17, 15) is 4.79 Å². The SMILES string of the molecule is CN1C(=O)C2(OCCO2)c2cc(NCI)ccc21. The molecule has 1 saturated heterocycles. The Morgan fingerprint density at radius 3 is 2.83 bits per heavy atom. The smallest absolute Gasteiger partial charge is 0.292 e. The quantitative estimate of drug-likeness (QED) is 0.495. The summed E-state index contributed by atoms with van der Waals surface area (Å²) in [5.74, 6) is -1.37. The number of amides is 1. The van der Waals surface area contributed by atoms with Crippen molar-refractivity contribution in [1.29, 1.82) is 0 Å². The number of fused-ring (bicyclic) bond motifs is 2. The molecular weight excluding hydrogens is 347 g/mol. The van der Waals surface area contributed by atoms with Crippen LogP contribution in [0.3, 0.4) is 0 Å². The van der Waals surface area contributed by atoms with Gasteiger partial charge in [-0.1, -0.05) is 22.6 Å². The Kier molecular flexibility index (Phi) is 2.95. The van der Waals surface area contributed by atoms with Crippen LogP contribution in [0.2, 0.25) is 0 Å². The second-order valence-electron chi connectivity index (χ2n) is 4.22. The first-order valence-corrected chi connectivity index (χ1v) is 7.22. The molecule has 0 aromatic heterocycles. The standard InChI is InChI=1S/C12H13IN2O3/c1-15-10-3-2-8(14-7-13)6-9(10)12(11(15)16)17-4-5-18-12/h2-3,6,14H,4-5,7H2,1H3. The van der Waals surface area contributed by atoms with Crippen LogP contribution in [-0.2, 0) is 20.1 Å². The number of benzene rings is 1. The highest BCUT2D eigenvalue weighted by Crippen LogP contribution is 2.45. The number of hydrogen-bond donors (Lipinski definition) is 1. The summed E-state index contributed by atoms with van der Waals surface area (Å²) < 4.78 is 12.0. The molecule has 1 spiro atoms. The Labute approximate surface area is 119 Å². The maximum absolute atomic E-state index is 12.3. The third-order valence-corrected chi connectivity index (χ3v) is 3.64. The predicted octanol–water partition coefficient (Wildman–Crippen LogP) is 1.67. The van der Waals surface area contributed by atoms with Crippen molar-refractivity contribution >= 4 is 39.9 Å². The number of alkyl halides is 1. The summed E-state index contributed by atoms with van der Waals surface area (Å²) in [7, 11) is 1.74. The number of ether oxygens (including phenoxy) is 2. The fourth-order valence-electron chi connectivity index (χ4n) is 2.42. The van der Waals surface area contributed by atoms with Gasteiger partial charge in [0.2, 0.25) is 0 Å². The number of rotatable bonds is 2. The van der Waals surface area contributed by atoms with Crippen LogP contribution in [0.15, 0.2) is 18.2 Å². The molecule has 6 heteroatoms. The molecule has 0 radical (unpaired) electrons. The highest BCUT2D eigenvalue weighted by molar-refractivity contribution is 14.1. The van der Waals surface area contributed by atoms with Gasteiger partial charge in [-0.25, -0.2) is 0 Å². The van der Waals surface area contributed by atoms with E-state index in [0.717, 1.165) is 21.5 Å². The van der Waals surface area contributed by atoms with Crippen LogP contribution in [0.4, 0.5) is 11.4 Å². The summed E-state index contributed by atoms with van der Waals surface area (Å²) in [6.07, 6.45) is 0. The van der Waals surface area contributed by atoms with Gasteiger partial charge >= 0.3 is 0 Å². The number of nitrogens with zero attached hydrogens (tertiary/aromatic N) is 1. The van der Waals surface area contributed by atoms with E-state index in [1.54, 1.807) is 11.9 Å². The summed E-state index contributed by atoms with van der Waals surface area (Å²) in [6.45, 7) is 0.895. The number of halogens is 1. The van der Waals surface area contributed by atoms with Crippen molar-refractivity contribution in [1.82, 2.24) is 0 Å². The molecule has 1 amide bonds. The Hall–Kier alpha value is -0.860. The monoisotopic (exact) mass is 360 g/mol. The van der Waals surface area contributed by atoms with Crippen LogP contribution < -0.4 is 10.2 Å². The molecule has 0 unspecified atom stereocenters. The van der Waals surface area contributed by atoms with E-state index >= 15 is 0 Å². The van der Waals surface area contributed by atoms with Crippen molar-refractivity contribution in [2.24, 2.45) is 0 Å². The first kappa shape index (κ1) is 12.2. The van der Waals surface area contributed by atoms with E-state index in [1.165, 1.54) is 0 Å². The molecular formula is C12H13IN2O3. The molecule has 2 heterocycles. The van der Waals surface area contributed by atoms with Crippen molar-refractivity contribution in [3.63, 3.8) is 0 Å². The number of likely N-dealkylation sites (N-methyl/N-ethyl adjacent to an activating group) is 1. The van der Waals surface area contributed by atoms with Crippen molar-refractivity contribution in [3.05, 3.63) is 23.8 Å². The average Bonchev–Trinajstić information content (AvgIpc) is 2.94. The van der Waals surface area contributed by atoms with Gasteiger partial charge in [0.25, 0.3) is 11.7 Å². The van der Waals surface area contributed by atoms with Gasteiger partial charge < -0.3 is 19.7 Å². The van der Waals surface area contributed by atoms with E-state index in [-0.39, 0.29) is 5.91 Å². The van der Waals surface area contributed by atoms with Gasteiger partial charge in [-0.15, -0.1) is 0 Å². The molecule has 96 valence electrons. The summed E-state index contributed by atoms with van der Waals surface area (Å²) in [5.41, 5.74) is 2.60. The summed E-state index contributed by atoms with van der Waals surface area (Å²) >= 11 is 2.24. The van der Waals surface area contributed by atoms with Crippen LogP contribution in [0, 0.1) is 0 Å². The topological polar surface area (TPSA) is 50.8 Å². The Bertz CT molecular complexity index is 500. The summed E-state index contributed by atoms with van der Waals surface area (Å²) in [4.78, 5) is 13.9. The van der Waals surface area contributed by atoms with Crippen LogP contribution >= 0.6 is 22.6 Å². The Morgan fingerprint density at radius 2 is 2.17 bits per heavy atom. The molecule has 3 rings (SSSR count). The van der Waals surface area contributed by atoms with Gasteiger partial charge in [0.05, 0.1) is 23.5 Å². The molecule has 0 saturated carbocycles. The Morgan fingerprint density at radius 1 is 1.44 bits per heavy atom. The van der Waals surface area contributed by atoms with Crippen LogP contribution in [0.25, 0.3) is 0 Å². The third kappa shape index (κ3) is 1.55.